The van der Waals surface area contributed by atoms with Crippen molar-refractivity contribution >= 4 is 5.91 Å². The lowest BCUT2D eigenvalue weighted by Crippen LogP contribution is -2.30. The molecule has 1 aromatic rings. The van der Waals surface area contributed by atoms with Crippen molar-refractivity contribution in [1.29, 1.82) is 0 Å². The Morgan fingerprint density at radius 1 is 1.30 bits per heavy atom. The second-order valence-electron chi connectivity index (χ2n) is 5.80. The van der Waals surface area contributed by atoms with Crippen LogP contribution in [0, 0.1) is 5.92 Å². The lowest BCUT2D eigenvalue weighted by molar-refractivity contribution is 0.0792. The van der Waals surface area contributed by atoms with Gasteiger partial charge in [0.1, 0.15) is 0 Å². The molecule has 0 bridgehead atoms. The van der Waals surface area contributed by atoms with Crippen LogP contribution in [0.5, 0.6) is 0 Å². The summed E-state index contributed by atoms with van der Waals surface area (Å²) in [6.07, 6.45) is 6.30. The Morgan fingerprint density at radius 2 is 2.10 bits per heavy atom. The van der Waals surface area contributed by atoms with Gasteiger partial charge in [-0.05, 0) is 56.8 Å². The van der Waals surface area contributed by atoms with E-state index < -0.39 is 0 Å². The van der Waals surface area contributed by atoms with Crippen molar-refractivity contribution in [2.45, 2.75) is 32.1 Å². The highest BCUT2D eigenvalue weighted by Crippen LogP contribution is 2.17. The van der Waals surface area contributed by atoms with Crippen molar-refractivity contribution in [3.63, 3.8) is 0 Å². The first kappa shape index (κ1) is 15.0. The van der Waals surface area contributed by atoms with E-state index in [0.29, 0.717) is 0 Å². The maximum atomic E-state index is 12.2. The van der Waals surface area contributed by atoms with E-state index in [9.17, 15) is 4.79 Å². The maximum absolute atomic E-state index is 12.2. The number of nitrogens with one attached hydrogen (secondary N) is 1. The van der Waals surface area contributed by atoms with Crippen LogP contribution in [0.2, 0.25) is 0 Å². The zero-order valence-corrected chi connectivity index (χ0v) is 12.5. The second kappa shape index (κ2) is 8.05. The Morgan fingerprint density at radius 3 is 2.80 bits per heavy atom. The van der Waals surface area contributed by atoms with Gasteiger partial charge in [0, 0.05) is 19.2 Å². The molecule has 1 atom stereocenters. The zero-order valence-electron chi connectivity index (χ0n) is 12.5. The van der Waals surface area contributed by atoms with Crippen LogP contribution in [0.25, 0.3) is 0 Å². The fourth-order valence-electron chi connectivity index (χ4n) is 2.86. The SMILES string of the molecule is CN(CCCCC1CCCNC1)C(=O)c1ccccc1. The monoisotopic (exact) mass is 274 g/mol. The van der Waals surface area contributed by atoms with E-state index in [0.717, 1.165) is 24.4 Å². The van der Waals surface area contributed by atoms with Gasteiger partial charge in [-0.15, -0.1) is 0 Å². The highest BCUT2D eigenvalue weighted by Gasteiger charge is 2.13. The first-order chi connectivity index (χ1) is 9.77. The molecule has 1 aliphatic rings. The van der Waals surface area contributed by atoms with Crippen LogP contribution in [0.1, 0.15) is 42.5 Å². The zero-order chi connectivity index (χ0) is 14.2. The van der Waals surface area contributed by atoms with Crippen molar-refractivity contribution in [2.24, 2.45) is 5.92 Å². The number of unbranched alkanes of at least 4 members (excludes halogenated alkanes) is 1. The molecule has 1 unspecified atom stereocenters. The summed E-state index contributed by atoms with van der Waals surface area (Å²) in [5.41, 5.74) is 0.784. The third-order valence-corrected chi connectivity index (χ3v) is 4.12. The minimum absolute atomic E-state index is 0.130. The maximum Gasteiger partial charge on any atom is 0.253 e. The molecule has 0 spiro atoms. The minimum Gasteiger partial charge on any atom is -0.342 e. The number of hydrogen-bond donors (Lipinski definition) is 1. The number of rotatable bonds is 6. The number of amides is 1. The molecule has 0 aromatic heterocycles. The number of piperidine rings is 1. The molecule has 3 nitrogen and oxygen atoms in total. The summed E-state index contributed by atoms with van der Waals surface area (Å²) >= 11 is 0. The molecule has 0 saturated carbocycles. The molecule has 2 rings (SSSR count). The van der Waals surface area contributed by atoms with Gasteiger partial charge in [-0.25, -0.2) is 0 Å². The van der Waals surface area contributed by atoms with E-state index in [1.807, 2.05) is 42.3 Å². The Kier molecular flexibility index (Phi) is 6.06. The average molecular weight is 274 g/mol. The molecule has 1 aromatic carbocycles. The van der Waals surface area contributed by atoms with Crippen molar-refractivity contribution in [3.05, 3.63) is 35.9 Å². The first-order valence-electron chi connectivity index (χ1n) is 7.78. The van der Waals surface area contributed by atoms with Crippen LogP contribution in [0.15, 0.2) is 30.3 Å². The van der Waals surface area contributed by atoms with E-state index >= 15 is 0 Å². The summed E-state index contributed by atoms with van der Waals surface area (Å²) in [4.78, 5) is 14.0. The lowest BCUT2D eigenvalue weighted by atomic mass is 9.94. The molecule has 1 saturated heterocycles. The fraction of sp³-hybridized carbons (Fsp3) is 0.588. The first-order valence-corrected chi connectivity index (χ1v) is 7.78. The molecule has 0 radical (unpaired) electrons. The lowest BCUT2D eigenvalue weighted by Gasteiger charge is -2.23. The molecule has 0 aliphatic carbocycles. The van der Waals surface area contributed by atoms with Crippen LogP contribution in [-0.4, -0.2) is 37.5 Å². The summed E-state index contributed by atoms with van der Waals surface area (Å²) in [5, 5.41) is 3.46. The quantitative estimate of drug-likeness (QED) is 0.809. The molecule has 3 heteroatoms. The van der Waals surface area contributed by atoms with Crippen LogP contribution in [0.3, 0.4) is 0 Å². The van der Waals surface area contributed by atoms with Gasteiger partial charge in [0.15, 0.2) is 0 Å². The molecule has 1 aliphatic heterocycles. The van der Waals surface area contributed by atoms with Gasteiger partial charge < -0.3 is 10.2 Å². The number of carbonyl (C=O) groups is 1. The van der Waals surface area contributed by atoms with E-state index in [1.54, 1.807) is 0 Å². The van der Waals surface area contributed by atoms with Crippen molar-refractivity contribution in [2.75, 3.05) is 26.7 Å². The number of benzene rings is 1. The summed E-state index contributed by atoms with van der Waals surface area (Å²) in [6.45, 7) is 3.22. The topological polar surface area (TPSA) is 32.3 Å². The van der Waals surface area contributed by atoms with Crippen molar-refractivity contribution in [3.8, 4) is 0 Å². The molecule has 1 fully saturated rings. The Hall–Kier alpha value is -1.35. The standard InChI is InChI=1S/C17H26N2O/c1-19(17(20)16-10-3-2-4-11-16)13-6-5-8-15-9-7-12-18-14-15/h2-4,10-11,15,18H,5-9,12-14H2,1H3. The van der Waals surface area contributed by atoms with E-state index in [2.05, 4.69) is 5.32 Å². The molecular weight excluding hydrogens is 248 g/mol. The predicted molar refractivity (Wildman–Crippen MR) is 82.8 cm³/mol. The highest BCUT2D eigenvalue weighted by molar-refractivity contribution is 5.93. The van der Waals surface area contributed by atoms with Gasteiger partial charge >= 0.3 is 0 Å². The Balaban J connectivity index is 1.64. The van der Waals surface area contributed by atoms with Gasteiger partial charge in [0.25, 0.3) is 5.91 Å². The predicted octanol–water partition coefficient (Wildman–Crippen LogP) is 2.93. The molecule has 1 amide bonds. The number of carbonyl (C=O) groups excluding carboxylic acids is 1. The molecule has 20 heavy (non-hydrogen) atoms. The highest BCUT2D eigenvalue weighted by atomic mass is 16.2. The van der Waals surface area contributed by atoms with Crippen molar-refractivity contribution < 1.29 is 4.79 Å². The summed E-state index contributed by atoms with van der Waals surface area (Å²) in [5.74, 6) is 0.976. The van der Waals surface area contributed by atoms with Gasteiger partial charge in [-0.1, -0.05) is 24.6 Å². The second-order valence-corrected chi connectivity index (χ2v) is 5.80. The van der Waals surface area contributed by atoms with E-state index in [-0.39, 0.29) is 5.91 Å². The van der Waals surface area contributed by atoms with Crippen LogP contribution < -0.4 is 5.32 Å². The summed E-state index contributed by atoms with van der Waals surface area (Å²) < 4.78 is 0. The Bertz CT molecular complexity index is 399. The number of hydrogen-bond acceptors (Lipinski definition) is 2. The van der Waals surface area contributed by atoms with Gasteiger partial charge in [0.2, 0.25) is 0 Å². The van der Waals surface area contributed by atoms with Crippen molar-refractivity contribution in [1.82, 2.24) is 10.2 Å². The van der Waals surface area contributed by atoms with Gasteiger partial charge in [-0.3, -0.25) is 4.79 Å². The average Bonchev–Trinajstić information content (AvgIpc) is 2.52. The number of nitrogens with zero attached hydrogens (tertiary/aromatic N) is 1. The normalized spacial score (nSPS) is 18.8. The van der Waals surface area contributed by atoms with Crippen LogP contribution >= 0.6 is 0 Å². The molecule has 1 N–H and O–H groups in total. The van der Waals surface area contributed by atoms with Gasteiger partial charge in [0.05, 0.1) is 0 Å². The summed E-state index contributed by atoms with van der Waals surface area (Å²) in [7, 11) is 1.90. The van der Waals surface area contributed by atoms with E-state index in [4.69, 9.17) is 0 Å². The fourth-order valence-corrected chi connectivity index (χ4v) is 2.86. The minimum atomic E-state index is 0.130. The third-order valence-electron chi connectivity index (χ3n) is 4.12. The molecule has 1 heterocycles. The third kappa shape index (κ3) is 4.64. The smallest absolute Gasteiger partial charge is 0.253 e. The Labute approximate surface area is 122 Å². The van der Waals surface area contributed by atoms with Gasteiger partial charge in [-0.2, -0.15) is 0 Å². The largest absolute Gasteiger partial charge is 0.342 e. The van der Waals surface area contributed by atoms with Crippen LogP contribution in [0.4, 0.5) is 0 Å². The summed E-state index contributed by atoms with van der Waals surface area (Å²) in [6, 6.07) is 9.53. The van der Waals surface area contributed by atoms with Crippen LogP contribution in [-0.2, 0) is 0 Å². The molecular formula is C17H26N2O. The molecule has 110 valence electrons. The van der Waals surface area contributed by atoms with E-state index in [1.165, 1.54) is 38.8 Å².